The summed E-state index contributed by atoms with van der Waals surface area (Å²) in [6.07, 6.45) is 1.59. The zero-order valence-corrected chi connectivity index (χ0v) is 14.3. The molecule has 1 fully saturated rings. The van der Waals surface area contributed by atoms with Crippen LogP contribution in [0, 0.1) is 6.92 Å². The first-order valence-electron chi connectivity index (χ1n) is 8.06. The normalized spacial score (nSPS) is 18.2. The van der Waals surface area contributed by atoms with Crippen molar-refractivity contribution in [2.24, 2.45) is 0 Å². The molecule has 1 amide bonds. The number of H-pyrrole nitrogens is 1. The summed E-state index contributed by atoms with van der Waals surface area (Å²) in [6, 6.07) is 5.49. The van der Waals surface area contributed by atoms with E-state index in [1.165, 1.54) is 0 Å². The number of hydrogen-bond acceptors (Lipinski definition) is 5. The first kappa shape index (κ1) is 16.6. The smallest absolute Gasteiger partial charge is 0.272 e. The number of rotatable bonds is 4. The van der Waals surface area contributed by atoms with Crippen molar-refractivity contribution in [1.29, 1.82) is 0 Å². The van der Waals surface area contributed by atoms with E-state index in [0.29, 0.717) is 25.4 Å². The summed E-state index contributed by atoms with van der Waals surface area (Å²) < 4.78 is 5.80. The topological polar surface area (TPSA) is 74.4 Å². The maximum atomic E-state index is 12.7. The van der Waals surface area contributed by atoms with Crippen molar-refractivity contribution in [2.75, 3.05) is 33.8 Å². The molecule has 0 unspecified atom stereocenters. The number of aryl methyl sites for hydroxylation is 1. The Kier molecular flexibility index (Phi) is 4.92. The largest absolute Gasteiger partial charge is 0.367 e. The Balaban J connectivity index is 1.70. The van der Waals surface area contributed by atoms with Crippen LogP contribution in [-0.2, 0) is 11.3 Å². The standard InChI is InChI=1S/C17H23N5O2/c1-12-5-4-6-14(19-12)17(23)22-7-8-24-15(11-22)16-18-9-13(20-16)10-21(2)3/h4-6,9,15H,7-8,10-11H2,1-3H3,(H,18,20)/t15-/m0/s1. The second-order valence-electron chi connectivity index (χ2n) is 6.31. The van der Waals surface area contributed by atoms with Crippen molar-refractivity contribution >= 4 is 5.91 Å². The van der Waals surface area contributed by atoms with Gasteiger partial charge in [-0.3, -0.25) is 4.79 Å². The lowest BCUT2D eigenvalue weighted by Gasteiger charge is -2.31. The molecule has 0 saturated carbocycles. The zero-order valence-electron chi connectivity index (χ0n) is 14.3. The van der Waals surface area contributed by atoms with E-state index >= 15 is 0 Å². The number of carbonyl (C=O) groups excluding carboxylic acids is 1. The Bertz CT molecular complexity index is 713. The van der Waals surface area contributed by atoms with Gasteiger partial charge >= 0.3 is 0 Å². The molecule has 1 N–H and O–H groups in total. The van der Waals surface area contributed by atoms with Crippen LogP contribution in [0.15, 0.2) is 24.4 Å². The minimum Gasteiger partial charge on any atom is -0.367 e. The van der Waals surface area contributed by atoms with Gasteiger partial charge < -0.3 is 19.5 Å². The monoisotopic (exact) mass is 329 g/mol. The number of amides is 1. The molecule has 128 valence electrons. The van der Waals surface area contributed by atoms with E-state index in [2.05, 4.69) is 19.9 Å². The van der Waals surface area contributed by atoms with Crippen LogP contribution < -0.4 is 0 Å². The summed E-state index contributed by atoms with van der Waals surface area (Å²) in [6.45, 7) is 4.20. The van der Waals surface area contributed by atoms with Crippen molar-refractivity contribution in [1.82, 2.24) is 24.8 Å². The lowest BCUT2D eigenvalue weighted by atomic mass is 10.2. The molecule has 0 radical (unpaired) electrons. The van der Waals surface area contributed by atoms with Gasteiger partial charge in [0.25, 0.3) is 5.91 Å². The Morgan fingerprint density at radius 1 is 1.46 bits per heavy atom. The van der Waals surface area contributed by atoms with Gasteiger partial charge in [-0.05, 0) is 33.2 Å². The highest BCUT2D eigenvalue weighted by molar-refractivity contribution is 5.92. The minimum absolute atomic E-state index is 0.0629. The first-order valence-corrected chi connectivity index (χ1v) is 8.06. The van der Waals surface area contributed by atoms with Crippen molar-refractivity contribution in [3.63, 3.8) is 0 Å². The van der Waals surface area contributed by atoms with Gasteiger partial charge in [0, 0.05) is 30.7 Å². The predicted octanol–water partition coefficient (Wildman–Crippen LogP) is 1.39. The fraction of sp³-hybridized carbons (Fsp3) is 0.471. The van der Waals surface area contributed by atoms with Gasteiger partial charge in [-0.25, -0.2) is 9.97 Å². The van der Waals surface area contributed by atoms with Gasteiger partial charge in [0.15, 0.2) is 0 Å². The maximum Gasteiger partial charge on any atom is 0.272 e. The Morgan fingerprint density at radius 3 is 3.04 bits per heavy atom. The second kappa shape index (κ2) is 7.11. The van der Waals surface area contributed by atoms with Crippen LogP contribution in [0.4, 0.5) is 0 Å². The number of nitrogens with one attached hydrogen (secondary N) is 1. The van der Waals surface area contributed by atoms with E-state index in [1.54, 1.807) is 11.0 Å². The van der Waals surface area contributed by atoms with Crippen molar-refractivity contribution in [3.8, 4) is 0 Å². The lowest BCUT2D eigenvalue weighted by Crippen LogP contribution is -2.42. The highest BCUT2D eigenvalue weighted by atomic mass is 16.5. The number of pyridine rings is 1. The van der Waals surface area contributed by atoms with Crippen LogP contribution in [0.25, 0.3) is 0 Å². The van der Waals surface area contributed by atoms with Crippen LogP contribution in [0.1, 0.15) is 33.8 Å². The highest BCUT2D eigenvalue weighted by Gasteiger charge is 2.28. The molecule has 2 aromatic rings. The third-order valence-electron chi connectivity index (χ3n) is 3.90. The number of aromatic nitrogens is 3. The molecule has 24 heavy (non-hydrogen) atoms. The van der Waals surface area contributed by atoms with E-state index in [0.717, 1.165) is 23.8 Å². The molecule has 1 aliphatic rings. The van der Waals surface area contributed by atoms with E-state index in [-0.39, 0.29) is 12.0 Å². The van der Waals surface area contributed by atoms with Crippen molar-refractivity contribution < 1.29 is 9.53 Å². The Hall–Kier alpha value is -2.25. The van der Waals surface area contributed by atoms with E-state index in [1.807, 2.05) is 39.3 Å². The van der Waals surface area contributed by atoms with Gasteiger partial charge in [0.05, 0.1) is 13.2 Å². The molecule has 3 heterocycles. The number of carbonyl (C=O) groups is 1. The summed E-state index contributed by atoms with van der Waals surface area (Å²) in [5.41, 5.74) is 2.34. The summed E-state index contributed by atoms with van der Waals surface area (Å²) in [5.74, 6) is 0.702. The Morgan fingerprint density at radius 2 is 2.29 bits per heavy atom. The van der Waals surface area contributed by atoms with Gasteiger partial charge in [-0.1, -0.05) is 6.07 Å². The minimum atomic E-state index is -0.233. The fourth-order valence-electron chi connectivity index (χ4n) is 2.78. The van der Waals surface area contributed by atoms with E-state index in [9.17, 15) is 4.79 Å². The van der Waals surface area contributed by atoms with Crippen LogP contribution in [0.5, 0.6) is 0 Å². The third-order valence-corrected chi connectivity index (χ3v) is 3.90. The maximum absolute atomic E-state index is 12.7. The molecule has 0 bridgehead atoms. The number of ether oxygens (including phenoxy) is 1. The van der Waals surface area contributed by atoms with Crippen molar-refractivity contribution in [3.05, 3.63) is 47.3 Å². The molecule has 7 nitrogen and oxygen atoms in total. The predicted molar refractivity (Wildman–Crippen MR) is 89.5 cm³/mol. The zero-order chi connectivity index (χ0) is 17.1. The molecular formula is C17H23N5O2. The second-order valence-corrected chi connectivity index (χ2v) is 6.31. The lowest BCUT2D eigenvalue weighted by molar-refractivity contribution is -0.0267. The van der Waals surface area contributed by atoms with Gasteiger partial charge in [0.1, 0.15) is 17.6 Å². The molecule has 1 atom stereocenters. The number of morpholine rings is 1. The van der Waals surface area contributed by atoms with Crippen LogP contribution >= 0.6 is 0 Å². The molecule has 3 rings (SSSR count). The fourth-order valence-corrected chi connectivity index (χ4v) is 2.78. The van der Waals surface area contributed by atoms with Gasteiger partial charge in [0.2, 0.25) is 0 Å². The average Bonchev–Trinajstić information content (AvgIpc) is 3.02. The molecule has 0 aliphatic carbocycles. The summed E-state index contributed by atoms with van der Waals surface area (Å²) in [5, 5.41) is 0. The highest BCUT2D eigenvalue weighted by Crippen LogP contribution is 2.21. The van der Waals surface area contributed by atoms with Crippen LogP contribution in [0.3, 0.4) is 0 Å². The molecule has 1 saturated heterocycles. The van der Waals surface area contributed by atoms with Crippen LogP contribution in [-0.4, -0.2) is 64.5 Å². The van der Waals surface area contributed by atoms with Gasteiger partial charge in [-0.15, -0.1) is 0 Å². The SMILES string of the molecule is Cc1cccc(C(=O)N2CCO[C@H](c3ncc(CN(C)C)[nH]3)C2)n1. The molecular weight excluding hydrogens is 306 g/mol. The molecule has 0 spiro atoms. The summed E-state index contributed by atoms with van der Waals surface area (Å²) in [4.78, 5) is 28.5. The Labute approximate surface area is 141 Å². The van der Waals surface area contributed by atoms with E-state index < -0.39 is 0 Å². The molecule has 0 aromatic carbocycles. The molecule has 7 heteroatoms. The average molecular weight is 329 g/mol. The quantitative estimate of drug-likeness (QED) is 0.917. The third kappa shape index (κ3) is 3.80. The first-order chi connectivity index (χ1) is 11.5. The summed E-state index contributed by atoms with van der Waals surface area (Å²) in [7, 11) is 4.01. The van der Waals surface area contributed by atoms with E-state index in [4.69, 9.17) is 4.74 Å². The van der Waals surface area contributed by atoms with Crippen molar-refractivity contribution in [2.45, 2.75) is 19.6 Å². The van der Waals surface area contributed by atoms with Crippen LogP contribution in [0.2, 0.25) is 0 Å². The number of aromatic amines is 1. The summed E-state index contributed by atoms with van der Waals surface area (Å²) >= 11 is 0. The number of imidazole rings is 1. The molecule has 2 aromatic heterocycles. The number of nitrogens with zero attached hydrogens (tertiary/aromatic N) is 4. The molecule has 1 aliphatic heterocycles. The number of hydrogen-bond donors (Lipinski definition) is 1. The van der Waals surface area contributed by atoms with Gasteiger partial charge in [-0.2, -0.15) is 0 Å².